The average Bonchev–Trinajstić information content (AvgIpc) is 3.22. The fraction of sp³-hybridized carbons (Fsp3) is 0.0556. The maximum absolute atomic E-state index is 13.5. The van der Waals surface area contributed by atoms with Crippen molar-refractivity contribution in [2.24, 2.45) is 0 Å². The van der Waals surface area contributed by atoms with Crippen LogP contribution in [0.25, 0.3) is 10.2 Å². The summed E-state index contributed by atoms with van der Waals surface area (Å²) in [5.41, 5.74) is 1.60. The Balaban J connectivity index is 1.79. The summed E-state index contributed by atoms with van der Waals surface area (Å²) in [5.74, 6) is -0.693. The minimum absolute atomic E-state index is 0.200. The molecule has 136 valence electrons. The van der Waals surface area contributed by atoms with Crippen LogP contribution in [0, 0.1) is 5.82 Å². The monoisotopic (exact) mass is 437 g/mol. The van der Waals surface area contributed by atoms with E-state index < -0.39 is 0 Å². The SMILES string of the molecule is O=C(c1cc(Cl)sc1Cl)N(Cc1ccccn1)c1nc2ccc(F)cc2s1. The Morgan fingerprint density at radius 2 is 2.00 bits per heavy atom. The van der Waals surface area contributed by atoms with Gasteiger partial charge in [-0.05, 0) is 36.4 Å². The first-order chi connectivity index (χ1) is 13.0. The van der Waals surface area contributed by atoms with Crippen LogP contribution in [-0.4, -0.2) is 15.9 Å². The first-order valence-corrected chi connectivity index (χ1v) is 10.1. The van der Waals surface area contributed by atoms with E-state index in [4.69, 9.17) is 23.2 Å². The van der Waals surface area contributed by atoms with Gasteiger partial charge in [-0.1, -0.05) is 40.6 Å². The van der Waals surface area contributed by atoms with E-state index in [9.17, 15) is 9.18 Å². The van der Waals surface area contributed by atoms with Crippen LogP contribution in [0.5, 0.6) is 0 Å². The number of carbonyl (C=O) groups excluding carboxylic acids is 1. The molecule has 0 bridgehead atoms. The van der Waals surface area contributed by atoms with Crippen LogP contribution in [-0.2, 0) is 6.54 Å². The topological polar surface area (TPSA) is 46.1 Å². The van der Waals surface area contributed by atoms with Crippen molar-refractivity contribution in [3.8, 4) is 0 Å². The molecule has 27 heavy (non-hydrogen) atoms. The minimum Gasteiger partial charge on any atom is -0.278 e. The van der Waals surface area contributed by atoms with Crippen molar-refractivity contribution in [2.45, 2.75) is 6.54 Å². The smallest absolute Gasteiger partial charge is 0.262 e. The van der Waals surface area contributed by atoms with Crippen LogP contribution in [0.1, 0.15) is 16.1 Å². The van der Waals surface area contributed by atoms with Crippen molar-refractivity contribution in [3.05, 3.63) is 74.4 Å². The van der Waals surface area contributed by atoms with Gasteiger partial charge in [0.05, 0.1) is 32.4 Å². The van der Waals surface area contributed by atoms with Gasteiger partial charge in [0.2, 0.25) is 0 Å². The highest BCUT2D eigenvalue weighted by Crippen LogP contribution is 2.35. The zero-order chi connectivity index (χ0) is 19.0. The second kappa shape index (κ2) is 7.52. The standard InChI is InChI=1S/C18H10Cl2FN3OS2/c19-15-8-12(16(20)27-15)17(25)24(9-11-3-1-2-6-22-11)18-23-13-5-4-10(21)7-14(13)26-18/h1-8H,9H2. The lowest BCUT2D eigenvalue weighted by Crippen LogP contribution is -2.30. The normalized spacial score (nSPS) is 11.1. The van der Waals surface area contributed by atoms with Crippen molar-refractivity contribution in [3.63, 3.8) is 0 Å². The Labute approximate surface area is 171 Å². The highest BCUT2D eigenvalue weighted by Gasteiger charge is 2.25. The molecule has 0 aliphatic heterocycles. The molecule has 0 unspecified atom stereocenters. The highest BCUT2D eigenvalue weighted by molar-refractivity contribution is 7.22. The molecule has 0 saturated carbocycles. The van der Waals surface area contributed by atoms with Crippen molar-refractivity contribution < 1.29 is 9.18 Å². The molecule has 0 aliphatic rings. The van der Waals surface area contributed by atoms with E-state index in [1.54, 1.807) is 18.3 Å². The van der Waals surface area contributed by atoms with E-state index in [0.717, 1.165) is 11.3 Å². The number of aromatic nitrogens is 2. The van der Waals surface area contributed by atoms with Crippen LogP contribution >= 0.6 is 45.9 Å². The zero-order valence-electron chi connectivity index (χ0n) is 13.5. The fourth-order valence-corrected chi connectivity index (χ4v) is 4.95. The van der Waals surface area contributed by atoms with E-state index in [0.29, 0.717) is 35.3 Å². The third-order valence-electron chi connectivity index (χ3n) is 3.75. The quantitative estimate of drug-likeness (QED) is 0.390. The molecule has 0 fully saturated rings. The molecular formula is C18H10Cl2FN3OS2. The number of thiazole rings is 1. The number of hydrogen-bond donors (Lipinski definition) is 0. The lowest BCUT2D eigenvalue weighted by molar-refractivity contribution is 0.0985. The zero-order valence-corrected chi connectivity index (χ0v) is 16.7. The summed E-state index contributed by atoms with van der Waals surface area (Å²) in [7, 11) is 0. The summed E-state index contributed by atoms with van der Waals surface area (Å²) in [4.78, 5) is 23.4. The number of benzene rings is 1. The summed E-state index contributed by atoms with van der Waals surface area (Å²) in [6.45, 7) is 0.200. The average molecular weight is 438 g/mol. The number of rotatable bonds is 4. The van der Waals surface area contributed by atoms with Crippen LogP contribution in [0.3, 0.4) is 0 Å². The number of carbonyl (C=O) groups is 1. The number of fused-ring (bicyclic) bond motifs is 1. The Bertz CT molecular complexity index is 1130. The van der Waals surface area contributed by atoms with Gasteiger partial charge >= 0.3 is 0 Å². The first-order valence-electron chi connectivity index (χ1n) is 7.74. The predicted molar refractivity (Wildman–Crippen MR) is 109 cm³/mol. The lowest BCUT2D eigenvalue weighted by Gasteiger charge is -2.19. The van der Waals surface area contributed by atoms with Crippen LogP contribution in [0.2, 0.25) is 8.67 Å². The molecule has 4 nitrogen and oxygen atoms in total. The number of nitrogens with zero attached hydrogens (tertiary/aromatic N) is 3. The molecule has 4 aromatic rings. The Morgan fingerprint density at radius 3 is 2.70 bits per heavy atom. The first kappa shape index (κ1) is 18.3. The van der Waals surface area contributed by atoms with Gasteiger partial charge < -0.3 is 0 Å². The van der Waals surface area contributed by atoms with Crippen molar-refractivity contribution >= 4 is 67.1 Å². The third kappa shape index (κ3) is 3.82. The second-order valence-electron chi connectivity index (χ2n) is 5.56. The molecule has 1 amide bonds. The maximum atomic E-state index is 13.5. The molecule has 3 heterocycles. The molecule has 0 radical (unpaired) electrons. The summed E-state index contributed by atoms with van der Waals surface area (Å²) in [6, 6.07) is 11.3. The second-order valence-corrected chi connectivity index (χ2v) is 8.85. The van der Waals surface area contributed by atoms with Gasteiger partial charge in [0, 0.05) is 6.20 Å². The van der Waals surface area contributed by atoms with Gasteiger partial charge in [-0.2, -0.15) is 0 Å². The summed E-state index contributed by atoms with van der Waals surface area (Å²) in [5, 5.41) is 0.435. The third-order valence-corrected chi connectivity index (χ3v) is 6.28. The number of halogens is 3. The van der Waals surface area contributed by atoms with E-state index >= 15 is 0 Å². The van der Waals surface area contributed by atoms with Crippen molar-refractivity contribution in [1.82, 2.24) is 9.97 Å². The summed E-state index contributed by atoms with van der Waals surface area (Å²) >= 11 is 14.5. The van der Waals surface area contributed by atoms with Crippen LogP contribution in [0.15, 0.2) is 48.7 Å². The summed E-state index contributed by atoms with van der Waals surface area (Å²) in [6.07, 6.45) is 1.65. The van der Waals surface area contributed by atoms with Gasteiger partial charge in [0.25, 0.3) is 5.91 Å². The maximum Gasteiger partial charge on any atom is 0.262 e. The number of amides is 1. The van der Waals surface area contributed by atoms with Crippen molar-refractivity contribution in [2.75, 3.05) is 4.90 Å². The number of pyridine rings is 1. The highest BCUT2D eigenvalue weighted by atomic mass is 35.5. The molecule has 0 spiro atoms. The Kier molecular flexibility index (Phi) is 5.10. The summed E-state index contributed by atoms with van der Waals surface area (Å²) < 4.78 is 14.9. The van der Waals surface area contributed by atoms with E-state index in [2.05, 4.69) is 9.97 Å². The molecule has 0 saturated heterocycles. The van der Waals surface area contributed by atoms with Crippen molar-refractivity contribution in [1.29, 1.82) is 0 Å². The number of hydrogen-bond acceptors (Lipinski definition) is 5. The van der Waals surface area contributed by atoms with Gasteiger partial charge in [-0.25, -0.2) is 9.37 Å². The molecule has 0 N–H and O–H groups in total. The van der Waals surface area contributed by atoms with Gasteiger partial charge in [0.1, 0.15) is 10.2 Å². The van der Waals surface area contributed by atoms with Gasteiger partial charge in [-0.3, -0.25) is 14.7 Å². The molecule has 3 aromatic heterocycles. The molecule has 0 aliphatic carbocycles. The molecule has 4 rings (SSSR count). The molecule has 0 atom stereocenters. The van der Waals surface area contributed by atoms with E-state index in [1.807, 2.05) is 12.1 Å². The molecular weight excluding hydrogens is 428 g/mol. The predicted octanol–water partition coefficient (Wildman–Crippen LogP) is 6.05. The molecule has 9 heteroatoms. The fourth-order valence-electron chi connectivity index (χ4n) is 2.51. The Hall–Kier alpha value is -2.06. The minimum atomic E-state index is -0.354. The van der Waals surface area contributed by atoms with Crippen LogP contribution < -0.4 is 4.90 Å². The number of thiophene rings is 1. The number of anilines is 1. The van der Waals surface area contributed by atoms with E-state index in [-0.39, 0.29) is 18.3 Å². The van der Waals surface area contributed by atoms with Gasteiger partial charge in [0.15, 0.2) is 5.13 Å². The Morgan fingerprint density at radius 1 is 1.15 bits per heavy atom. The molecule has 1 aromatic carbocycles. The van der Waals surface area contributed by atoms with Gasteiger partial charge in [-0.15, -0.1) is 11.3 Å². The van der Waals surface area contributed by atoms with E-state index in [1.165, 1.54) is 34.4 Å². The van der Waals surface area contributed by atoms with Crippen LogP contribution in [0.4, 0.5) is 9.52 Å². The lowest BCUT2D eigenvalue weighted by atomic mass is 10.2. The largest absolute Gasteiger partial charge is 0.278 e.